The van der Waals surface area contributed by atoms with E-state index in [0.717, 1.165) is 13.1 Å². The number of carbonyl (C=O) groups is 1. The first-order valence-electron chi connectivity index (χ1n) is 8.64. The number of amides is 1. The highest BCUT2D eigenvalue weighted by molar-refractivity contribution is 7.89. The number of nitro groups is 1. The molecular weight excluding hydrogens is 396 g/mol. The van der Waals surface area contributed by atoms with E-state index in [0.29, 0.717) is 32.5 Å². The Bertz CT molecular complexity index is 781. The largest absolute Gasteiger partial charge is 0.340 e. The van der Waals surface area contributed by atoms with Crippen molar-refractivity contribution in [3.05, 3.63) is 34.4 Å². The molecule has 0 saturated carbocycles. The summed E-state index contributed by atoms with van der Waals surface area (Å²) in [5, 5.41) is 13.9. The standard InChI is InChI=1S/C16H22N4O5S.ClH/c21-16(18-10-7-17-8-11-18)13-2-1-9-19(12-13)26(24,25)15-5-3-14(4-6-15)20(22)23;/h3-6,13,17H,1-2,7-12H2;1H. The van der Waals surface area contributed by atoms with Crippen LogP contribution in [0.3, 0.4) is 0 Å². The molecule has 1 aromatic carbocycles. The summed E-state index contributed by atoms with van der Waals surface area (Å²) in [7, 11) is -3.77. The molecule has 1 unspecified atom stereocenters. The molecule has 0 spiro atoms. The molecule has 0 aromatic heterocycles. The number of nitrogens with one attached hydrogen (secondary N) is 1. The van der Waals surface area contributed by atoms with Gasteiger partial charge in [0.2, 0.25) is 15.9 Å². The van der Waals surface area contributed by atoms with Crippen LogP contribution in [-0.4, -0.2) is 67.7 Å². The van der Waals surface area contributed by atoms with E-state index in [1.165, 1.54) is 28.6 Å². The van der Waals surface area contributed by atoms with Gasteiger partial charge in [-0.15, -0.1) is 12.4 Å². The molecule has 11 heteroatoms. The summed E-state index contributed by atoms with van der Waals surface area (Å²) >= 11 is 0. The van der Waals surface area contributed by atoms with Crippen molar-refractivity contribution < 1.29 is 18.1 Å². The highest BCUT2D eigenvalue weighted by atomic mass is 35.5. The van der Waals surface area contributed by atoms with Crippen LogP contribution >= 0.6 is 12.4 Å². The van der Waals surface area contributed by atoms with Gasteiger partial charge in [0.15, 0.2) is 0 Å². The van der Waals surface area contributed by atoms with Crippen molar-refractivity contribution in [2.24, 2.45) is 5.92 Å². The van der Waals surface area contributed by atoms with E-state index in [1.54, 1.807) is 4.90 Å². The minimum Gasteiger partial charge on any atom is -0.340 e. The third-order valence-electron chi connectivity index (χ3n) is 4.85. The fourth-order valence-corrected chi connectivity index (χ4v) is 4.92. The highest BCUT2D eigenvalue weighted by Crippen LogP contribution is 2.26. The van der Waals surface area contributed by atoms with Gasteiger partial charge in [0.05, 0.1) is 15.7 Å². The van der Waals surface area contributed by atoms with E-state index in [2.05, 4.69) is 5.32 Å². The van der Waals surface area contributed by atoms with Gasteiger partial charge in [-0.05, 0) is 25.0 Å². The van der Waals surface area contributed by atoms with Crippen LogP contribution < -0.4 is 5.32 Å². The second-order valence-corrected chi connectivity index (χ2v) is 8.47. The van der Waals surface area contributed by atoms with Crippen LogP contribution in [0.5, 0.6) is 0 Å². The average molecular weight is 419 g/mol. The SMILES string of the molecule is Cl.O=C(C1CCCN(S(=O)(=O)c2ccc([N+](=O)[O-])cc2)C1)N1CCNCC1. The van der Waals surface area contributed by atoms with Crippen molar-refractivity contribution >= 4 is 34.0 Å². The molecule has 1 atom stereocenters. The Kier molecular flexibility index (Phi) is 7.15. The fraction of sp³-hybridized carbons (Fsp3) is 0.562. The molecule has 150 valence electrons. The number of hydrogen-bond acceptors (Lipinski definition) is 6. The number of nitro benzene ring substituents is 1. The van der Waals surface area contributed by atoms with Crippen molar-refractivity contribution in [1.29, 1.82) is 0 Å². The van der Waals surface area contributed by atoms with Gasteiger partial charge in [-0.25, -0.2) is 8.42 Å². The Morgan fingerprint density at radius 1 is 1.15 bits per heavy atom. The highest BCUT2D eigenvalue weighted by Gasteiger charge is 2.35. The molecular formula is C16H23ClN4O5S. The van der Waals surface area contributed by atoms with E-state index in [1.807, 2.05) is 0 Å². The molecule has 2 heterocycles. The Balaban J connectivity index is 0.00000261. The quantitative estimate of drug-likeness (QED) is 0.572. The summed E-state index contributed by atoms with van der Waals surface area (Å²) in [6.45, 7) is 3.30. The smallest absolute Gasteiger partial charge is 0.269 e. The van der Waals surface area contributed by atoms with Crippen LogP contribution in [0.1, 0.15) is 12.8 Å². The summed E-state index contributed by atoms with van der Waals surface area (Å²) in [6.07, 6.45) is 1.30. The molecule has 2 aliphatic heterocycles. The lowest BCUT2D eigenvalue weighted by Crippen LogP contribution is -2.51. The first kappa shape index (κ1) is 21.5. The first-order chi connectivity index (χ1) is 12.4. The van der Waals surface area contributed by atoms with Crippen LogP contribution in [0, 0.1) is 16.0 Å². The minimum atomic E-state index is -3.77. The molecule has 3 rings (SSSR count). The van der Waals surface area contributed by atoms with Crippen LogP contribution in [0.15, 0.2) is 29.2 Å². The molecule has 1 amide bonds. The fourth-order valence-electron chi connectivity index (χ4n) is 3.39. The molecule has 2 aliphatic rings. The minimum absolute atomic E-state index is 0. The lowest BCUT2D eigenvalue weighted by Gasteiger charge is -2.35. The number of hydrogen-bond donors (Lipinski definition) is 1. The van der Waals surface area contributed by atoms with Gasteiger partial charge in [-0.1, -0.05) is 0 Å². The van der Waals surface area contributed by atoms with Crippen LogP contribution in [0.2, 0.25) is 0 Å². The van der Waals surface area contributed by atoms with Gasteiger partial charge in [-0.2, -0.15) is 4.31 Å². The molecule has 27 heavy (non-hydrogen) atoms. The number of nitrogens with zero attached hydrogens (tertiary/aromatic N) is 3. The number of piperidine rings is 1. The Labute approximate surface area is 164 Å². The predicted molar refractivity (Wildman–Crippen MR) is 101 cm³/mol. The van der Waals surface area contributed by atoms with Gasteiger partial charge in [0.25, 0.3) is 5.69 Å². The lowest BCUT2D eigenvalue weighted by atomic mass is 9.98. The van der Waals surface area contributed by atoms with Crippen molar-refractivity contribution in [3.63, 3.8) is 0 Å². The van der Waals surface area contributed by atoms with Crippen LogP contribution in [0.25, 0.3) is 0 Å². The maximum atomic E-state index is 12.8. The van der Waals surface area contributed by atoms with Gasteiger partial charge < -0.3 is 10.2 Å². The predicted octanol–water partition coefficient (Wildman–Crippen LogP) is 0.849. The summed E-state index contributed by atoms with van der Waals surface area (Å²) in [5.74, 6) is -0.329. The molecule has 2 saturated heterocycles. The maximum absolute atomic E-state index is 12.8. The maximum Gasteiger partial charge on any atom is 0.269 e. The second kappa shape index (κ2) is 8.96. The van der Waals surface area contributed by atoms with Gasteiger partial charge in [0, 0.05) is 51.4 Å². The van der Waals surface area contributed by atoms with E-state index in [4.69, 9.17) is 0 Å². The van der Waals surface area contributed by atoms with E-state index in [-0.39, 0.29) is 41.4 Å². The number of carbonyl (C=O) groups excluding carboxylic acids is 1. The monoisotopic (exact) mass is 418 g/mol. The van der Waals surface area contributed by atoms with Gasteiger partial charge in [-0.3, -0.25) is 14.9 Å². The second-order valence-electron chi connectivity index (χ2n) is 6.53. The molecule has 0 bridgehead atoms. The topological polar surface area (TPSA) is 113 Å². The van der Waals surface area contributed by atoms with E-state index >= 15 is 0 Å². The normalized spacial score (nSPS) is 21.3. The first-order valence-corrected chi connectivity index (χ1v) is 10.1. The van der Waals surface area contributed by atoms with E-state index < -0.39 is 14.9 Å². The zero-order valence-corrected chi connectivity index (χ0v) is 16.4. The summed E-state index contributed by atoms with van der Waals surface area (Å²) < 4.78 is 27.0. The summed E-state index contributed by atoms with van der Waals surface area (Å²) in [6, 6.07) is 4.85. The number of benzene rings is 1. The Hall–Kier alpha value is -1.75. The van der Waals surface area contributed by atoms with Crippen molar-refractivity contribution in [1.82, 2.24) is 14.5 Å². The molecule has 1 N–H and O–H groups in total. The molecule has 2 fully saturated rings. The molecule has 0 radical (unpaired) electrons. The summed E-state index contributed by atoms with van der Waals surface area (Å²) in [4.78, 5) is 24.7. The summed E-state index contributed by atoms with van der Waals surface area (Å²) in [5.41, 5.74) is -0.158. The lowest BCUT2D eigenvalue weighted by molar-refractivity contribution is -0.384. The molecule has 9 nitrogen and oxygen atoms in total. The van der Waals surface area contributed by atoms with Gasteiger partial charge >= 0.3 is 0 Å². The number of sulfonamides is 1. The zero-order valence-electron chi connectivity index (χ0n) is 14.7. The number of piperazine rings is 1. The average Bonchev–Trinajstić information content (AvgIpc) is 2.68. The third kappa shape index (κ3) is 4.75. The van der Waals surface area contributed by atoms with Gasteiger partial charge in [0.1, 0.15) is 0 Å². The van der Waals surface area contributed by atoms with E-state index in [9.17, 15) is 23.3 Å². The van der Waals surface area contributed by atoms with Crippen LogP contribution in [-0.2, 0) is 14.8 Å². The Morgan fingerprint density at radius 2 is 1.78 bits per heavy atom. The molecule has 0 aliphatic carbocycles. The molecule has 1 aromatic rings. The van der Waals surface area contributed by atoms with Crippen molar-refractivity contribution in [2.75, 3.05) is 39.3 Å². The number of non-ortho nitro benzene ring substituents is 1. The van der Waals surface area contributed by atoms with Crippen molar-refractivity contribution in [2.45, 2.75) is 17.7 Å². The van der Waals surface area contributed by atoms with Crippen molar-refractivity contribution in [3.8, 4) is 0 Å². The third-order valence-corrected chi connectivity index (χ3v) is 6.73. The number of halogens is 1. The number of rotatable bonds is 4. The van der Waals surface area contributed by atoms with Crippen LogP contribution in [0.4, 0.5) is 5.69 Å². The Morgan fingerprint density at radius 3 is 2.37 bits per heavy atom. The zero-order chi connectivity index (χ0) is 18.7.